The van der Waals surface area contributed by atoms with E-state index in [4.69, 9.17) is 20.2 Å². The number of aliphatic hydroxyl groups is 2. The van der Waals surface area contributed by atoms with Crippen LogP contribution in [0.3, 0.4) is 0 Å². The molecule has 0 bridgehead atoms. The molecule has 0 amide bonds. The predicted molar refractivity (Wildman–Crippen MR) is 390 cm³/mol. The number of rotatable bonds is 5. The van der Waals surface area contributed by atoms with Crippen LogP contribution in [0.2, 0.25) is 0 Å². The first kappa shape index (κ1) is 73.1. The van der Waals surface area contributed by atoms with Crippen LogP contribution >= 0.6 is 0 Å². The van der Waals surface area contributed by atoms with Gasteiger partial charge < -0.3 is 30.1 Å². The summed E-state index contributed by atoms with van der Waals surface area (Å²) < 4.78 is 25.8. The van der Waals surface area contributed by atoms with E-state index >= 15 is 0 Å². The van der Waals surface area contributed by atoms with Crippen molar-refractivity contribution in [3.63, 3.8) is 0 Å². The van der Waals surface area contributed by atoms with E-state index in [0.29, 0.717) is 5.69 Å². The molecular weight excluding hydrogens is 1770 g/mol. The van der Waals surface area contributed by atoms with Crippen LogP contribution in [-0.2, 0) is 69.9 Å². The molecule has 0 saturated carbocycles. The van der Waals surface area contributed by atoms with Crippen molar-refractivity contribution >= 4 is 126 Å². The van der Waals surface area contributed by atoms with Crippen LogP contribution in [0.15, 0.2) is 260 Å². The Kier molecular flexibility index (Phi) is 24.0. The molecule has 0 atom stereocenters. The van der Waals surface area contributed by atoms with Crippen LogP contribution in [0.4, 0.5) is 20.2 Å². The molecule has 0 saturated heterocycles. The first-order valence-electron chi connectivity index (χ1n) is 31.1. The number of carbonyl (C=O) groups is 2. The number of anilines is 1. The zero-order valence-corrected chi connectivity index (χ0v) is 62.0. The van der Waals surface area contributed by atoms with Gasteiger partial charge in [0.2, 0.25) is 0 Å². The summed E-state index contributed by atoms with van der Waals surface area (Å²) in [6.07, 6.45) is 7.66. The van der Waals surface area contributed by atoms with Gasteiger partial charge in [0.05, 0.1) is 23.0 Å². The summed E-state index contributed by atoms with van der Waals surface area (Å²) >= 11 is 0. The van der Waals surface area contributed by atoms with Gasteiger partial charge in [0.25, 0.3) is 0 Å². The van der Waals surface area contributed by atoms with Gasteiger partial charge in [-0.15, -0.1) is 93.7 Å². The molecule has 0 fully saturated rings. The predicted octanol–water partition coefficient (Wildman–Crippen LogP) is 21.2. The zero-order chi connectivity index (χ0) is 67.1. The standard InChI is InChI=1S/C25H14N.C20H17N2.C19H10N.C11H6F2N.2C5H8O2.3Ir/c1-2-7-20-16(4-1)14-15-26-25(20)22-13-11-19-9-8-17-5-3-6-18-10-12-21(22)24(19)23(17)18;1-13-10-14(2)12-16(11-13)20-21-17-8-4-6-15-7-5-9-18(19(15)17)22(20)3;1-4-12-5-3-9-16-17(12)14(7-1)15-8-2-6-13-10-11-20-19(16)18(13)15;12-8-4-5-9(10(13)7-8)11-3-1-2-6-14-11;2*1-4(6)3-5(2)7;;;/h1-12,14-15H;4-11H,1-3H3;1-8,10-11H;1-4,6-7H;2*3,6H,1-2H3;;;/q4*-1;;;;;. The van der Waals surface area contributed by atoms with Gasteiger partial charge in [-0.1, -0.05) is 192 Å². The number of halogens is 2. The number of aliphatic imine (C=N–C) groups is 1. The van der Waals surface area contributed by atoms with E-state index in [9.17, 15) is 18.4 Å². The van der Waals surface area contributed by atoms with Gasteiger partial charge in [0, 0.05) is 121 Å². The van der Waals surface area contributed by atoms with Crippen molar-refractivity contribution in [2.45, 2.75) is 41.5 Å². The Balaban J connectivity index is 0.000000146. The maximum absolute atomic E-state index is 13.2. The van der Waals surface area contributed by atoms with E-state index < -0.39 is 11.6 Å². The van der Waals surface area contributed by atoms with E-state index in [1.54, 1.807) is 24.4 Å². The molecular formula is C85H63F2Ir3N5O4-4. The van der Waals surface area contributed by atoms with Crippen LogP contribution in [0.5, 0.6) is 0 Å². The molecule has 1 aliphatic heterocycles. The van der Waals surface area contributed by atoms with Gasteiger partial charge in [-0.25, -0.2) is 0 Å². The number of aliphatic hydroxyl groups excluding tert-OH is 2. The Morgan fingerprint density at radius 2 is 1.05 bits per heavy atom. The molecule has 497 valence electrons. The van der Waals surface area contributed by atoms with Gasteiger partial charge in [0.15, 0.2) is 11.6 Å². The number of ketones is 2. The molecule has 16 aromatic rings. The third-order valence-corrected chi connectivity index (χ3v) is 16.3. The maximum atomic E-state index is 13.2. The third-order valence-electron chi connectivity index (χ3n) is 16.3. The number of aryl methyl sites for hydroxylation is 2. The molecule has 0 unspecified atom stereocenters. The smallest absolute Gasteiger partial charge is 0.155 e. The molecule has 0 spiro atoms. The number of allylic oxidation sites excluding steroid dienone is 4. The zero-order valence-electron chi connectivity index (χ0n) is 54.8. The monoisotopic (exact) mass is 1830 g/mol. The minimum absolute atomic E-state index is 0. The summed E-state index contributed by atoms with van der Waals surface area (Å²) in [6, 6.07) is 83.9. The minimum Gasteiger partial charge on any atom is -0.512 e. The molecule has 2 N–H and O–H groups in total. The van der Waals surface area contributed by atoms with Crippen LogP contribution in [0.25, 0.3) is 120 Å². The Morgan fingerprint density at radius 1 is 0.485 bits per heavy atom. The Morgan fingerprint density at radius 3 is 1.71 bits per heavy atom. The third kappa shape index (κ3) is 16.1. The summed E-state index contributed by atoms with van der Waals surface area (Å²) in [5.74, 6) is -0.455. The average Bonchev–Trinajstić information content (AvgIpc) is 0.735. The van der Waals surface area contributed by atoms with Gasteiger partial charge in [-0.3, -0.25) is 23.4 Å². The van der Waals surface area contributed by atoms with E-state index in [-0.39, 0.29) is 89.0 Å². The van der Waals surface area contributed by atoms with Crippen molar-refractivity contribution in [2.75, 3.05) is 11.9 Å². The number of hydrogen-bond acceptors (Lipinski definition) is 9. The summed E-state index contributed by atoms with van der Waals surface area (Å²) in [5, 5.41) is 37.9. The second-order valence-electron chi connectivity index (χ2n) is 23.4. The molecule has 1 aliphatic rings. The topological polar surface area (TPSA) is 129 Å². The summed E-state index contributed by atoms with van der Waals surface area (Å²) in [4.78, 5) is 40.4. The fourth-order valence-corrected chi connectivity index (χ4v) is 12.5. The number of aromatic nitrogens is 3. The van der Waals surface area contributed by atoms with Crippen molar-refractivity contribution in [1.82, 2.24) is 15.0 Å². The normalized spacial score (nSPS) is 11.6. The average molecular weight is 1830 g/mol. The van der Waals surface area contributed by atoms with E-state index in [1.807, 2.05) is 18.5 Å². The van der Waals surface area contributed by atoms with Gasteiger partial charge in [-0.2, -0.15) is 0 Å². The summed E-state index contributed by atoms with van der Waals surface area (Å²) in [6.45, 7) is 9.89. The van der Waals surface area contributed by atoms with Crippen LogP contribution < -0.4 is 4.90 Å². The molecule has 0 aliphatic carbocycles. The number of benzene rings is 13. The van der Waals surface area contributed by atoms with Crippen LogP contribution in [-0.4, -0.2) is 49.6 Å². The number of pyridine rings is 3. The maximum Gasteiger partial charge on any atom is 0.155 e. The van der Waals surface area contributed by atoms with Crippen molar-refractivity contribution < 1.29 is 88.9 Å². The molecule has 13 aromatic carbocycles. The minimum atomic E-state index is -0.649. The number of amidine groups is 1. The quantitative estimate of drug-likeness (QED) is 0.0573. The second-order valence-corrected chi connectivity index (χ2v) is 23.4. The van der Waals surface area contributed by atoms with E-state index in [2.05, 4.69) is 236 Å². The number of carbonyl (C=O) groups excluding carboxylic acids is 2. The molecule has 14 heteroatoms. The van der Waals surface area contributed by atoms with Crippen LogP contribution in [0.1, 0.15) is 44.4 Å². The number of fused-ring (bicyclic) bond motifs is 3. The Labute approximate surface area is 613 Å². The summed E-state index contributed by atoms with van der Waals surface area (Å²) in [5.41, 5.74) is 9.43. The fraction of sp³-hybridized carbons (Fsp3) is 0.0824. The number of hydrogen-bond donors (Lipinski definition) is 2. The second kappa shape index (κ2) is 32.5. The SMILES string of the molecule is CC(=O)C=C(C)O.CC(=O)C=C(C)O.Cc1[c-]c(C2=Nc3cccc4cccc(c34)N2C)cc(C)c1.Fc1c[c-]c(-c2ccccn2)c(F)c1.[Ir].[Ir].[Ir].[c-]1cc2ccc3cccc4ccc(c1-c1nccc5ccccc15)c2c34.[c-]1ccc2cccc3c4cccc5ccnc(c1c23)c54. The van der Waals surface area contributed by atoms with Crippen molar-refractivity contribution in [1.29, 1.82) is 0 Å². The molecule has 9 nitrogen and oxygen atoms in total. The summed E-state index contributed by atoms with van der Waals surface area (Å²) in [7, 11) is 2.08. The Bertz CT molecular complexity index is 5460. The van der Waals surface area contributed by atoms with Gasteiger partial charge in [0.1, 0.15) is 0 Å². The van der Waals surface area contributed by atoms with Crippen molar-refractivity contribution in [3.05, 3.63) is 307 Å². The van der Waals surface area contributed by atoms with Crippen LogP contribution in [0, 0.1) is 49.7 Å². The Hall–Kier alpha value is -10.1. The van der Waals surface area contributed by atoms with Gasteiger partial charge >= 0.3 is 0 Å². The molecule has 17 rings (SSSR count). The first-order chi connectivity index (χ1) is 46.5. The van der Waals surface area contributed by atoms with Gasteiger partial charge in [-0.05, 0) is 123 Å². The first-order valence-corrected chi connectivity index (χ1v) is 31.1. The van der Waals surface area contributed by atoms with Crippen molar-refractivity contribution in [3.8, 4) is 22.5 Å². The molecule has 4 heterocycles. The largest absolute Gasteiger partial charge is 0.512 e. The van der Waals surface area contributed by atoms with E-state index in [1.165, 1.54) is 137 Å². The van der Waals surface area contributed by atoms with E-state index in [0.717, 1.165) is 56.9 Å². The molecule has 99 heavy (non-hydrogen) atoms. The fourth-order valence-electron chi connectivity index (χ4n) is 12.5. The molecule has 3 radical (unpaired) electrons. The number of nitrogens with zero attached hydrogens (tertiary/aromatic N) is 5. The van der Waals surface area contributed by atoms with Crippen molar-refractivity contribution in [2.24, 2.45) is 4.99 Å². The molecule has 3 aromatic heterocycles.